The van der Waals surface area contributed by atoms with Gasteiger partial charge in [-0.05, 0) is 18.2 Å². The van der Waals surface area contributed by atoms with Gasteiger partial charge < -0.3 is 25.6 Å². The molecule has 1 aliphatic heterocycles. The third-order valence-corrected chi connectivity index (χ3v) is 2.68. The Bertz CT molecular complexity index is 430. The minimum Gasteiger partial charge on any atom is -0.478 e. The van der Waals surface area contributed by atoms with E-state index in [0.29, 0.717) is 37.7 Å². The molecule has 1 atom stereocenters. The first-order chi connectivity index (χ1) is 8.66. The maximum atomic E-state index is 11.0. The summed E-state index contributed by atoms with van der Waals surface area (Å²) in [5.74, 6) is -0.988. The van der Waals surface area contributed by atoms with Crippen LogP contribution in [-0.4, -0.2) is 43.5 Å². The molecule has 6 nitrogen and oxygen atoms in total. The molecule has 98 valence electrons. The Morgan fingerprint density at radius 3 is 3.00 bits per heavy atom. The first-order valence-corrected chi connectivity index (χ1v) is 5.73. The zero-order chi connectivity index (χ0) is 13.0. The highest BCUT2D eigenvalue weighted by Gasteiger charge is 2.16. The van der Waals surface area contributed by atoms with Crippen molar-refractivity contribution in [2.75, 3.05) is 37.4 Å². The van der Waals surface area contributed by atoms with Crippen LogP contribution in [0.15, 0.2) is 18.2 Å². The summed E-state index contributed by atoms with van der Waals surface area (Å²) in [4.78, 5) is 11.0. The minimum atomic E-state index is -0.988. The van der Waals surface area contributed by atoms with E-state index in [1.807, 2.05) is 0 Å². The maximum Gasteiger partial charge on any atom is 0.337 e. The first kappa shape index (κ1) is 12.7. The van der Waals surface area contributed by atoms with Gasteiger partial charge in [0.05, 0.1) is 37.2 Å². The van der Waals surface area contributed by atoms with Gasteiger partial charge in [-0.1, -0.05) is 0 Å². The number of benzene rings is 1. The number of carboxylic acid groups (broad SMARTS) is 1. The van der Waals surface area contributed by atoms with E-state index in [1.165, 1.54) is 6.07 Å². The fraction of sp³-hybridized carbons (Fsp3) is 0.417. The van der Waals surface area contributed by atoms with E-state index >= 15 is 0 Å². The smallest absolute Gasteiger partial charge is 0.337 e. The van der Waals surface area contributed by atoms with Gasteiger partial charge in [0.25, 0.3) is 0 Å². The number of aromatic carboxylic acids is 1. The largest absolute Gasteiger partial charge is 0.478 e. The lowest BCUT2D eigenvalue weighted by Crippen LogP contribution is -2.34. The lowest BCUT2D eigenvalue weighted by Gasteiger charge is -2.23. The molecule has 1 unspecified atom stereocenters. The van der Waals surface area contributed by atoms with E-state index in [2.05, 4.69) is 5.32 Å². The molecule has 0 radical (unpaired) electrons. The second-order valence-corrected chi connectivity index (χ2v) is 4.06. The maximum absolute atomic E-state index is 11.0. The fourth-order valence-corrected chi connectivity index (χ4v) is 1.77. The molecule has 2 rings (SSSR count). The number of nitrogens with two attached hydrogens (primary N) is 1. The lowest BCUT2D eigenvalue weighted by atomic mass is 10.1. The van der Waals surface area contributed by atoms with Gasteiger partial charge in [0.1, 0.15) is 0 Å². The molecular formula is C12H16N2O4. The van der Waals surface area contributed by atoms with Crippen LogP contribution < -0.4 is 11.1 Å². The molecule has 1 heterocycles. The normalized spacial score (nSPS) is 19.4. The Morgan fingerprint density at radius 1 is 1.50 bits per heavy atom. The fourth-order valence-electron chi connectivity index (χ4n) is 1.77. The topological polar surface area (TPSA) is 93.8 Å². The molecule has 0 spiro atoms. The van der Waals surface area contributed by atoms with Crippen LogP contribution >= 0.6 is 0 Å². The van der Waals surface area contributed by atoms with Gasteiger partial charge in [-0.25, -0.2) is 4.79 Å². The summed E-state index contributed by atoms with van der Waals surface area (Å²) in [6.07, 6.45) is -0.0678. The average molecular weight is 252 g/mol. The number of nitrogen functional groups attached to an aromatic ring is 1. The summed E-state index contributed by atoms with van der Waals surface area (Å²) in [5, 5.41) is 12.1. The molecule has 0 amide bonds. The van der Waals surface area contributed by atoms with Crippen LogP contribution in [0, 0.1) is 0 Å². The van der Waals surface area contributed by atoms with E-state index in [1.54, 1.807) is 12.1 Å². The molecule has 1 saturated heterocycles. The SMILES string of the molecule is Nc1ccc(C(=O)O)c(NCC2COCCO2)c1. The Hall–Kier alpha value is -1.79. The highest BCUT2D eigenvalue weighted by molar-refractivity contribution is 5.95. The minimum absolute atomic E-state index is 0.0678. The highest BCUT2D eigenvalue weighted by atomic mass is 16.6. The number of hydrogen-bond donors (Lipinski definition) is 3. The van der Waals surface area contributed by atoms with Crippen molar-refractivity contribution in [1.82, 2.24) is 0 Å². The summed E-state index contributed by atoms with van der Waals surface area (Å²) in [5.41, 5.74) is 6.86. The van der Waals surface area contributed by atoms with Crippen molar-refractivity contribution in [2.45, 2.75) is 6.10 Å². The van der Waals surface area contributed by atoms with Crippen LogP contribution in [0.5, 0.6) is 0 Å². The van der Waals surface area contributed by atoms with Crippen LogP contribution in [0.1, 0.15) is 10.4 Å². The Labute approximate surface area is 105 Å². The summed E-state index contributed by atoms with van der Waals surface area (Å²) in [6.45, 7) is 2.17. The van der Waals surface area contributed by atoms with Crippen molar-refractivity contribution in [1.29, 1.82) is 0 Å². The second kappa shape index (κ2) is 5.70. The zero-order valence-electron chi connectivity index (χ0n) is 9.89. The number of carbonyl (C=O) groups is 1. The molecule has 4 N–H and O–H groups in total. The molecule has 6 heteroatoms. The van der Waals surface area contributed by atoms with Gasteiger partial charge in [0, 0.05) is 12.2 Å². The number of rotatable bonds is 4. The van der Waals surface area contributed by atoms with Crippen molar-refractivity contribution in [3.8, 4) is 0 Å². The quantitative estimate of drug-likeness (QED) is 0.686. The van der Waals surface area contributed by atoms with Crippen LogP contribution in [-0.2, 0) is 9.47 Å². The summed E-state index contributed by atoms with van der Waals surface area (Å²) >= 11 is 0. The van der Waals surface area contributed by atoms with Crippen molar-refractivity contribution in [2.24, 2.45) is 0 Å². The Balaban J connectivity index is 2.03. The standard InChI is InChI=1S/C12H16N2O4/c13-8-1-2-10(12(15)16)11(5-8)14-6-9-7-17-3-4-18-9/h1-2,5,9,14H,3-4,6-7,13H2,(H,15,16). The lowest BCUT2D eigenvalue weighted by molar-refractivity contribution is -0.0818. The van der Waals surface area contributed by atoms with Crippen LogP contribution in [0.25, 0.3) is 0 Å². The van der Waals surface area contributed by atoms with Crippen LogP contribution in [0.2, 0.25) is 0 Å². The number of anilines is 2. The average Bonchev–Trinajstić information content (AvgIpc) is 2.37. The van der Waals surface area contributed by atoms with Crippen molar-refractivity contribution in [3.05, 3.63) is 23.8 Å². The van der Waals surface area contributed by atoms with Gasteiger partial charge in [-0.2, -0.15) is 0 Å². The van der Waals surface area contributed by atoms with Gasteiger partial charge >= 0.3 is 5.97 Å². The highest BCUT2D eigenvalue weighted by Crippen LogP contribution is 2.19. The molecule has 1 aromatic rings. The van der Waals surface area contributed by atoms with Crippen molar-refractivity contribution < 1.29 is 19.4 Å². The molecule has 1 aliphatic rings. The van der Waals surface area contributed by atoms with Crippen LogP contribution in [0.4, 0.5) is 11.4 Å². The number of nitrogens with one attached hydrogen (secondary N) is 1. The van der Waals surface area contributed by atoms with Gasteiger partial charge in [0.15, 0.2) is 0 Å². The monoisotopic (exact) mass is 252 g/mol. The summed E-state index contributed by atoms with van der Waals surface area (Å²) in [7, 11) is 0. The number of carboxylic acids is 1. The number of hydrogen-bond acceptors (Lipinski definition) is 5. The molecule has 0 bridgehead atoms. The predicted molar refractivity (Wildman–Crippen MR) is 66.9 cm³/mol. The van der Waals surface area contributed by atoms with Crippen molar-refractivity contribution >= 4 is 17.3 Å². The molecular weight excluding hydrogens is 236 g/mol. The Morgan fingerprint density at radius 2 is 2.33 bits per heavy atom. The van der Waals surface area contributed by atoms with E-state index in [9.17, 15) is 4.79 Å². The van der Waals surface area contributed by atoms with E-state index < -0.39 is 5.97 Å². The predicted octanol–water partition coefficient (Wildman–Crippen LogP) is 0.794. The molecule has 18 heavy (non-hydrogen) atoms. The molecule has 1 fully saturated rings. The molecule has 0 saturated carbocycles. The summed E-state index contributed by atoms with van der Waals surface area (Å²) in [6, 6.07) is 4.65. The van der Waals surface area contributed by atoms with Crippen LogP contribution in [0.3, 0.4) is 0 Å². The third-order valence-electron chi connectivity index (χ3n) is 2.68. The number of ether oxygens (including phenoxy) is 2. The van der Waals surface area contributed by atoms with Gasteiger partial charge in [0.2, 0.25) is 0 Å². The van der Waals surface area contributed by atoms with E-state index in [-0.39, 0.29) is 11.7 Å². The molecule has 0 aromatic heterocycles. The third kappa shape index (κ3) is 3.12. The first-order valence-electron chi connectivity index (χ1n) is 5.73. The Kier molecular flexibility index (Phi) is 4.01. The van der Waals surface area contributed by atoms with Crippen molar-refractivity contribution in [3.63, 3.8) is 0 Å². The van der Waals surface area contributed by atoms with Gasteiger partial charge in [-0.3, -0.25) is 0 Å². The van der Waals surface area contributed by atoms with E-state index in [4.69, 9.17) is 20.3 Å². The zero-order valence-corrected chi connectivity index (χ0v) is 9.89. The summed E-state index contributed by atoms with van der Waals surface area (Å²) < 4.78 is 10.7. The van der Waals surface area contributed by atoms with Gasteiger partial charge in [-0.15, -0.1) is 0 Å². The van der Waals surface area contributed by atoms with E-state index in [0.717, 1.165) is 0 Å². The molecule has 0 aliphatic carbocycles. The molecule has 1 aromatic carbocycles. The second-order valence-electron chi connectivity index (χ2n) is 4.06.